The van der Waals surface area contributed by atoms with Crippen LogP contribution in [0.4, 0.5) is 11.4 Å². The van der Waals surface area contributed by atoms with E-state index in [9.17, 15) is 4.79 Å². The molecule has 1 amide bonds. The standard InChI is InChI=1S/C18H22N2OS/c21-18(11-10-15-7-6-14-22-15)19-16-8-2-3-9-17(16)20-12-4-1-5-13-20/h2-3,6-9,14H,1,4-5,10-13H2,(H,19,21). The maximum atomic E-state index is 12.2. The van der Waals surface area contributed by atoms with Crippen LogP contribution in [0, 0.1) is 0 Å². The first-order valence-corrected chi connectivity index (χ1v) is 8.87. The first-order chi connectivity index (χ1) is 10.8. The van der Waals surface area contributed by atoms with E-state index in [1.807, 2.05) is 24.3 Å². The molecule has 1 aromatic carbocycles. The van der Waals surface area contributed by atoms with Gasteiger partial charge in [-0.05, 0) is 49.3 Å². The third kappa shape index (κ3) is 3.89. The molecule has 1 N–H and O–H groups in total. The Labute approximate surface area is 136 Å². The lowest BCUT2D eigenvalue weighted by Gasteiger charge is -2.30. The maximum absolute atomic E-state index is 12.2. The van der Waals surface area contributed by atoms with Gasteiger partial charge in [0.1, 0.15) is 0 Å². The van der Waals surface area contributed by atoms with Gasteiger partial charge in [-0.15, -0.1) is 11.3 Å². The van der Waals surface area contributed by atoms with Gasteiger partial charge in [0.05, 0.1) is 11.4 Å². The van der Waals surface area contributed by atoms with Crippen LogP contribution >= 0.6 is 11.3 Å². The van der Waals surface area contributed by atoms with E-state index in [1.54, 1.807) is 11.3 Å². The van der Waals surface area contributed by atoms with Gasteiger partial charge < -0.3 is 10.2 Å². The molecule has 0 unspecified atom stereocenters. The van der Waals surface area contributed by atoms with Crippen LogP contribution in [0.15, 0.2) is 41.8 Å². The summed E-state index contributed by atoms with van der Waals surface area (Å²) in [6, 6.07) is 12.3. The molecule has 116 valence electrons. The van der Waals surface area contributed by atoms with Gasteiger partial charge in [-0.2, -0.15) is 0 Å². The molecule has 0 radical (unpaired) electrons. The number of piperidine rings is 1. The number of anilines is 2. The van der Waals surface area contributed by atoms with E-state index in [1.165, 1.54) is 24.1 Å². The van der Waals surface area contributed by atoms with Crippen molar-refractivity contribution >= 4 is 28.6 Å². The minimum atomic E-state index is 0.0952. The number of hydrogen-bond donors (Lipinski definition) is 1. The number of amides is 1. The Kier molecular flexibility index (Phi) is 5.11. The van der Waals surface area contributed by atoms with Crippen molar-refractivity contribution in [2.75, 3.05) is 23.3 Å². The average molecular weight is 314 g/mol. The van der Waals surface area contributed by atoms with Gasteiger partial charge in [-0.1, -0.05) is 18.2 Å². The molecule has 1 fully saturated rings. The van der Waals surface area contributed by atoms with Crippen molar-refractivity contribution in [1.82, 2.24) is 0 Å². The summed E-state index contributed by atoms with van der Waals surface area (Å²) >= 11 is 1.71. The monoisotopic (exact) mass is 314 g/mol. The Bertz CT molecular complexity index is 603. The third-order valence-corrected chi connectivity index (χ3v) is 4.99. The molecule has 1 saturated heterocycles. The molecule has 22 heavy (non-hydrogen) atoms. The van der Waals surface area contributed by atoms with Gasteiger partial charge in [-0.3, -0.25) is 4.79 Å². The summed E-state index contributed by atoms with van der Waals surface area (Å²) in [6.45, 7) is 2.17. The van der Waals surface area contributed by atoms with Crippen molar-refractivity contribution in [3.63, 3.8) is 0 Å². The number of nitrogens with zero attached hydrogens (tertiary/aromatic N) is 1. The molecule has 3 nitrogen and oxygen atoms in total. The molecular formula is C18H22N2OS. The third-order valence-electron chi connectivity index (χ3n) is 4.05. The second-order valence-corrected chi connectivity index (χ2v) is 6.72. The van der Waals surface area contributed by atoms with Crippen LogP contribution in [0.5, 0.6) is 0 Å². The van der Waals surface area contributed by atoms with E-state index in [0.29, 0.717) is 6.42 Å². The molecule has 0 atom stereocenters. The lowest BCUT2D eigenvalue weighted by molar-refractivity contribution is -0.116. The molecule has 0 saturated carbocycles. The number of thiophene rings is 1. The van der Waals surface area contributed by atoms with Crippen molar-refractivity contribution < 1.29 is 4.79 Å². The molecular weight excluding hydrogens is 292 g/mol. The number of para-hydroxylation sites is 2. The summed E-state index contributed by atoms with van der Waals surface area (Å²) in [5.41, 5.74) is 2.10. The van der Waals surface area contributed by atoms with Crippen molar-refractivity contribution in [3.05, 3.63) is 46.7 Å². The number of hydrogen-bond acceptors (Lipinski definition) is 3. The fourth-order valence-electron chi connectivity index (χ4n) is 2.89. The van der Waals surface area contributed by atoms with Crippen molar-refractivity contribution in [2.45, 2.75) is 32.1 Å². The van der Waals surface area contributed by atoms with Gasteiger partial charge in [0.25, 0.3) is 0 Å². The summed E-state index contributed by atoms with van der Waals surface area (Å²) in [4.78, 5) is 15.9. The van der Waals surface area contributed by atoms with E-state index in [0.717, 1.165) is 30.9 Å². The predicted molar refractivity (Wildman–Crippen MR) is 93.8 cm³/mol. The van der Waals surface area contributed by atoms with Crippen LogP contribution < -0.4 is 10.2 Å². The molecule has 0 spiro atoms. The van der Waals surface area contributed by atoms with Crippen LogP contribution in [0.1, 0.15) is 30.6 Å². The van der Waals surface area contributed by atoms with Crippen molar-refractivity contribution in [3.8, 4) is 0 Å². The smallest absolute Gasteiger partial charge is 0.224 e. The topological polar surface area (TPSA) is 32.3 Å². The molecule has 4 heteroatoms. The van der Waals surface area contributed by atoms with Crippen LogP contribution in [0.3, 0.4) is 0 Å². The van der Waals surface area contributed by atoms with Crippen LogP contribution in [0.2, 0.25) is 0 Å². The minimum Gasteiger partial charge on any atom is -0.370 e. The van der Waals surface area contributed by atoms with E-state index in [2.05, 4.69) is 27.7 Å². The Morgan fingerprint density at radius 2 is 1.91 bits per heavy atom. The fraction of sp³-hybridized carbons (Fsp3) is 0.389. The SMILES string of the molecule is O=C(CCc1cccs1)Nc1ccccc1N1CCCCC1. The summed E-state index contributed by atoms with van der Waals surface area (Å²) in [5.74, 6) is 0.0952. The summed E-state index contributed by atoms with van der Waals surface area (Å²) in [6.07, 6.45) is 5.14. The lowest BCUT2D eigenvalue weighted by Crippen LogP contribution is -2.30. The second kappa shape index (κ2) is 7.45. The number of carbonyl (C=O) groups excluding carboxylic acids is 1. The fourth-order valence-corrected chi connectivity index (χ4v) is 3.60. The van der Waals surface area contributed by atoms with Crippen LogP contribution in [-0.2, 0) is 11.2 Å². The van der Waals surface area contributed by atoms with E-state index in [-0.39, 0.29) is 5.91 Å². The minimum absolute atomic E-state index is 0.0952. The lowest BCUT2D eigenvalue weighted by atomic mass is 10.1. The first-order valence-electron chi connectivity index (χ1n) is 7.99. The largest absolute Gasteiger partial charge is 0.370 e. The number of aryl methyl sites for hydroxylation is 1. The van der Waals surface area contributed by atoms with Crippen LogP contribution in [0.25, 0.3) is 0 Å². The summed E-state index contributed by atoms with van der Waals surface area (Å²) < 4.78 is 0. The molecule has 1 aliphatic heterocycles. The summed E-state index contributed by atoms with van der Waals surface area (Å²) in [7, 11) is 0. The maximum Gasteiger partial charge on any atom is 0.224 e. The second-order valence-electron chi connectivity index (χ2n) is 5.69. The number of carbonyl (C=O) groups is 1. The summed E-state index contributed by atoms with van der Waals surface area (Å²) in [5, 5.41) is 5.15. The first kappa shape index (κ1) is 15.1. The van der Waals surface area contributed by atoms with Gasteiger partial charge >= 0.3 is 0 Å². The molecule has 3 rings (SSSR count). The van der Waals surface area contributed by atoms with Crippen LogP contribution in [-0.4, -0.2) is 19.0 Å². The highest BCUT2D eigenvalue weighted by atomic mass is 32.1. The Morgan fingerprint density at radius 1 is 1.09 bits per heavy atom. The molecule has 1 aromatic heterocycles. The molecule has 2 heterocycles. The highest BCUT2D eigenvalue weighted by Gasteiger charge is 2.15. The number of benzene rings is 1. The van der Waals surface area contributed by atoms with E-state index < -0.39 is 0 Å². The predicted octanol–water partition coefficient (Wildman–Crippen LogP) is 4.31. The number of rotatable bonds is 5. The zero-order valence-electron chi connectivity index (χ0n) is 12.8. The van der Waals surface area contributed by atoms with Crippen molar-refractivity contribution in [1.29, 1.82) is 0 Å². The zero-order valence-corrected chi connectivity index (χ0v) is 13.6. The number of nitrogens with one attached hydrogen (secondary N) is 1. The Balaban J connectivity index is 1.62. The van der Waals surface area contributed by atoms with Gasteiger partial charge in [0.2, 0.25) is 5.91 Å². The molecule has 0 bridgehead atoms. The average Bonchev–Trinajstić information content (AvgIpc) is 3.08. The van der Waals surface area contributed by atoms with Crippen molar-refractivity contribution in [2.24, 2.45) is 0 Å². The van der Waals surface area contributed by atoms with Gasteiger partial charge in [0.15, 0.2) is 0 Å². The zero-order chi connectivity index (χ0) is 15.2. The molecule has 2 aromatic rings. The van der Waals surface area contributed by atoms with E-state index >= 15 is 0 Å². The quantitative estimate of drug-likeness (QED) is 0.892. The highest BCUT2D eigenvalue weighted by Crippen LogP contribution is 2.28. The molecule has 0 aliphatic carbocycles. The highest BCUT2D eigenvalue weighted by molar-refractivity contribution is 7.09. The van der Waals surface area contributed by atoms with E-state index in [4.69, 9.17) is 0 Å². The Hall–Kier alpha value is -1.81. The normalized spacial score (nSPS) is 14.8. The van der Waals surface area contributed by atoms with Gasteiger partial charge in [0, 0.05) is 24.4 Å². The van der Waals surface area contributed by atoms with Gasteiger partial charge in [-0.25, -0.2) is 0 Å². The Morgan fingerprint density at radius 3 is 2.68 bits per heavy atom. The molecule has 1 aliphatic rings.